The van der Waals surface area contributed by atoms with Gasteiger partial charge in [0.25, 0.3) is 5.91 Å². The monoisotopic (exact) mass is 512 g/mol. The molecule has 1 heterocycles. The predicted molar refractivity (Wildman–Crippen MR) is 141 cm³/mol. The summed E-state index contributed by atoms with van der Waals surface area (Å²) in [6.07, 6.45) is 2.40. The average Bonchev–Trinajstić information content (AvgIpc) is 3.17. The van der Waals surface area contributed by atoms with Crippen LogP contribution in [0.3, 0.4) is 0 Å². The number of carbonyl (C=O) groups is 4. The highest BCUT2D eigenvalue weighted by Crippen LogP contribution is 2.42. The number of imide groups is 1. The molecule has 0 unspecified atom stereocenters. The summed E-state index contributed by atoms with van der Waals surface area (Å²) in [6.45, 7) is 1.64. The van der Waals surface area contributed by atoms with Crippen LogP contribution < -0.4 is 15.0 Å². The molecule has 194 valence electrons. The summed E-state index contributed by atoms with van der Waals surface area (Å²) in [5.41, 5.74) is 1.19. The number of hydrogen-bond acceptors (Lipinski definition) is 6. The van der Waals surface area contributed by atoms with Crippen molar-refractivity contribution in [1.82, 2.24) is 0 Å². The number of amides is 3. The first kappa shape index (κ1) is 25.2. The van der Waals surface area contributed by atoms with Gasteiger partial charge in [-0.15, -0.1) is 0 Å². The van der Waals surface area contributed by atoms with Crippen LogP contribution in [-0.2, 0) is 19.1 Å². The van der Waals surface area contributed by atoms with Crippen LogP contribution in [-0.4, -0.2) is 30.3 Å². The molecule has 2 fully saturated rings. The zero-order chi connectivity index (χ0) is 26.6. The number of benzene rings is 3. The van der Waals surface area contributed by atoms with Gasteiger partial charge in [-0.3, -0.25) is 19.3 Å². The smallest absolute Gasteiger partial charge is 0.338 e. The SMILES string of the molecule is C[C@@H]1CC[C@H]2C(=O)N(c3ccc(C(=O)OCC(=O)Nc4ccc(Oc5ccccc5)cc4)cc3)C(=O)[C@@H]2C1. The Balaban J connectivity index is 1.12. The molecule has 3 aromatic carbocycles. The van der Waals surface area contributed by atoms with Crippen LogP contribution in [0.2, 0.25) is 0 Å². The molecule has 8 heteroatoms. The van der Waals surface area contributed by atoms with Crippen molar-refractivity contribution in [2.45, 2.75) is 26.2 Å². The number of anilines is 2. The quantitative estimate of drug-likeness (QED) is 0.345. The molecule has 8 nitrogen and oxygen atoms in total. The Morgan fingerprint density at radius 2 is 1.50 bits per heavy atom. The van der Waals surface area contributed by atoms with Crippen LogP contribution in [0.25, 0.3) is 0 Å². The zero-order valence-corrected chi connectivity index (χ0v) is 21.0. The molecule has 3 aromatic rings. The van der Waals surface area contributed by atoms with E-state index in [9.17, 15) is 19.2 Å². The summed E-state index contributed by atoms with van der Waals surface area (Å²) < 4.78 is 10.9. The second kappa shape index (κ2) is 10.9. The molecule has 3 amide bonds. The second-order valence-electron chi connectivity index (χ2n) is 9.75. The molecule has 3 atom stereocenters. The van der Waals surface area contributed by atoms with E-state index in [2.05, 4.69) is 12.2 Å². The van der Waals surface area contributed by atoms with E-state index in [4.69, 9.17) is 9.47 Å². The van der Waals surface area contributed by atoms with Gasteiger partial charge in [-0.2, -0.15) is 0 Å². The van der Waals surface area contributed by atoms with E-state index in [0.717, 1.165) is 19.3 Å². The van der Waals surface area contributed by atoms with E-state index in [1.165, 1.54) is 17.0 Å². The molecule has 0 spiro atoms. The van der Waals surface area contributed by atoms with E-state index in [-0.39, 0.29) is 29.2 Å². The molecule has 5 rings (SSSR count). The predicted octanol–water partition coefficient (Wildman–Crippen LogP) is 5.20. The Bertz CT molecular complexity index is 1340. The number of nitrogens with zero attached hydrogens (tertiary/aromatic N) is 1. The molecule has 0 aromatic heterocycles. The lowest BCUT2D eigenvalue weighted by molar-refractivity contribution is -0.122. The molecule has 1 N–H and O–H groups in total. The van der Waals surface area contributed by atoms with Crippen molar-refractivity contribution in [3.05, 3.63) is 84.4 Å². The van der Waals surface area contributed by atoms with Crippen LogP contribution in [0.15, 0.2) is 78.9 Å². The molecule has 0 radical (unpaired) electrons. The number of nitrogens with one attached hydrogen (secondary N) is 1. The van der Waals surface area contributed by atoms with E-state index in [0.29, 0.717) is 28.8 Å². The zero-order valence-electron chi connectivity index (χ0n) is 21.0. The van der Waals surface area contributed by atoms with Crippen molar-refractivity contribution in [3.63, 3.8) is 0 Å². The Hall–Kier alpha value is -4.46. The van der Waals surface area contributed by atoms with Crippen molar-refractivity contribution in [2.24, 2.45) is 17.8 Å². The Labute approximate surface area is 220 Å². The molecular formula is C30H28N2O6. The molecule has 1 aliphatic carbocycles. The highest BCUT2D eigenvalue weighted by atomic mass is 16.5. The van der Waals surface area contributed by atoms with E-state index >= 15 is 0 Å². The fraction of sp³-hybridized carbons (Fsp3) is 0.267. The Morgan fingerprint density at radius 1 is 0.842 bits per heavy atom. The summed E-state index contributed by atoms with van der Waals surface area (Å²) >= 11 is 0. The van der Waals surface area contributed by atoms with Crippen molar-refractivity contribution in [1.29, 1.82) is 0 Å². The maximum atomic E-state index is 12.9. The van der Waals surface area contributed by atoms with Crippen LogP contribution >= 0.6 is 0 Å². The van der Waals surface area contributed by atoms with Gasteiger partial charge in [-0.1, -0.05) is 25.1 Å². The molecule has 0 bridgehead atoms. The first-order chi connectivity index (χ1) is 18.4. The normalized spacial score (nSPS) is 20.6. The molecule has 2 aliphatic rings. The number of ether oxygens (including phenoxy) is 2. The lowest BCUT2D eigenvalue weighted by Gasteiger charge is -2.25. The third-order valence-corrected chi connectivity index (χ3v) is 7.00. The number of fused-ring (bicyclic) bond motifs is 1. The summed E-state index contributed by atoms with van der Waals surface area (Å²) in [7, 11) is 0. The van der Waals surface area contributed by atoms with Crippen molar-refractivity contribution >= 4 is 35.1 Å². The van der Waals surface area contributed by atoms with E-state index in [1.54, 1.807) is 36.4 Å². The van der Waals surface area contributed by atoms with Crippen LogP contribution in [0, 0.1) is 17.8 Å². The van der Waals surface area contributed by atoms with Gasteiger partial charge in [0.2, 0.25) is 11.8 Å². The third-order valence-electron chi connectivity index (χ3n) is 7.00. The maximum absolute atomic E-state index is 12.9. The Kier molecular flexibility index (Phi) is 7.22. The van der Waals surface area contributed by atoms with Crippen LogP contribution in [0.4, 0.5) is 11.4 Å². The van der Waals surface area contributed by atoms with Gasteiger partial charge in [0.15, 0.2) is 6.61 Å². The Morgan fingerprint density at radius 3 is 2.21 bits per heavy atom. The fourth-order valence-electron chi connectivity index (χ4n) is 5.03. The highest BCUT2D eigenvalue weighted by molar-refractivity contribution is 6.22. The van der Waals surface area contributed by atoms with Crippen LogP contribution in [0.1, 0.15) is 36.5 Å². The molecule has 38 heavy (non-hydrogen) atoms. The first-order valence-corrected chi connectivity index (χ1v) is 12.7. The minimum absolute atomic E-state index is 0.168. The fourth-order valence-corrected chi connectivity index (χ4v) is 5.03. The van der Waals surface area contributed by atoms with Gasteiger partial charge in [0, 0.05) is 5.69 Å². The van der Waals surface area contributed by atoms with Gasteiger partial charge >= 0.3 is 5.97 Å². The van der Waals surface area contributed by atoms with E-state index in [1.807, 2.05) is 30.3 Å². The first-order valence-electron chi connectivity index (χ1n) is 12.7. The van der Waals surface area contributed by atoms with Crippen molar-refractivity contribution < 1.29 is 28.7 Å². The number of hydrogen-bond donors (Lipinski definition) is 1. The van der Waals surface area contributed by atoms with Crippen molar-refractivity contribution in [3.8, 4) is 11.5 Å². The number of para-hydroxylation sites is 1. The maximum Gasteiger partial charge on any atom is 0.338 e. The minimum atomic E-state index is -0.681. The lowest BCUT2D eigenvalue weighted by atomic mass is 9.76. The van der Waals surface area contributed by atoms with Gasteiger partial charge in [0.1, 0.15) is 11.5 Å². The highest BCUT2D eigenvalue weighted by Gasteiger charge is 2.49. The summed E-state index contributed by atoms with van der Waals surface area (Å²) in [4.78, 5) is 51.7. The molecule has 1 aliphatic heterocycles. The average molecular weight is 513 g/mol. The number of carbonyl (C=O) groups excluding carboxylic acids is 4. The summed E-state index contributed by atoms with van der Waals surface area (Å²) in [5.74, 6) is -0.273. The topological polar surface area (TPSA) is 102 Å². The molecular weight excluding hydrogens is 484 g/mol. The van der Waals surface area contributed by atoms with Gasteiger partial charge in [-0.25, -0.2) is 4.79 Å². The lowest BCUT2D eigenvalue weighted by Crippen LogP contribution is -2.30. The standard InChI is InChI=1S/C30H28N2O6/c1-19-7-16-25-26(17-19)29(35)32(28(25)34)22-12-8-20(9-13-22)30(36)37-18-27(33)31-21-10-14-24(15-11-21)38-23-5-3-2-4-6-23/h2-6,8-15,19,25-26H,7,16-18H2,1H3,(H,31,33)/t19-,25-,26-/m1/s1. The van der Waals surface area contributed by atoms with Gasteiger partial charge < -0.3 is 14.8 Å². The minimum Gasteiger partial charge on any atom is -0.457 e. The largest absolute Gasteiger partial charge is 0.457 e. The van der Waals surface area contributed by atoms with E-state index < -0.39 is 18.5 Å². The molecule has 1 saturated carbocycles. The third kappa shape index (κ3) is 5.44. The summed E-state index contributed by atoms with van der Waals surface area (Å²) in [6, 6.07) is 22.3. The van der Waals surface area contributed by atoms with Gasteiger partial charge in [0.05, 0.1) is 23.1 Å². The second-order valence-corrected chi connectivity index (χ2v) is 9.75. The number of esters is 1. The number of rotatable bonds is 7. The van der Waals surface area contributed by atoms with Crippen molar-refractivity contribution in [2.75, 3.05) is 16.8 Å². The molecule has 1 saturated heterocycles. The van der Waals surface area contributed by atoms with Crippen LogP contribution in [0.5, 0.6) is 11.5 Å². The van der Waals surface area contributed by atoms with Gasteiger partial charge in [-0.05, 0) is 85.8 Å². The summed E-state index contributed by atoms with van der Waals surface area (Å²) in [5, 5.41) is 2.67.